The van der Waals surface area contributed by atoms with Crippen molar-refractivity contribution in [2.24, 2.45) is 23.7 Å². The predicted molar refractivity (Wildman–Crippen MR) is 301 cm³/mol. The van der Waals surface area contributed by atoms with Crippen LogP contribution in [0.4, 0.5) is 0 Å². The molecule has 6 atom stereocenters. The van der Waals surface area contributed by atoms with Crippen molar-refractivity contribution in [3.63, 3.8) is 0 Å². The third-order valence-electron chi connectivity index (χ3n) is 12.8. The van der Waals surface area contributed by atoms with Crippen LogP contribution >= 0.6 is 0 Å². The molecule has 0 amide bonds. The number of carboxylic acid groups (broad SMARTS) is 4. The fraction of sp³-hybridized carbons (Fsp3) is 0.855. The molecule has 0 aliphatic rings. The summed E-state index contributed by atoms with van der Waals surface area (Å²) < 4.78 is 85.5. The van der Waals surface area contributed by atoms with Gasteiger partial charge in [-0.25, -0.2) is 0 Å². The molecule has 0 radical (unpaired) electrons. The van der Waals surface area contributed by atoms with E-state index < -0.39 is 91.3 Å². The summed E-state index contributed by atoms with van der Waals surface area (Å²) in [5.41, 5.74) is 0. The number of rotatable bonds is 45. The smallest absolute Gasteiger partial charge is 1.00 e. The summed E-state index contributed by atoms with van der Waals surface area (Å²) in [6, 6.07) is 0. The Bertz CT molecular complexity index is 1770. The number of esters is 4. The number of aliphatic carboxylic acids is 4. The molecule has 26 heteroatoms. The number of ether oxygens (including phenoxy) is 4. The molecule has 0 aromatic rings. The molecular weight excluding hydrogens is 1120 g/mol. The molecule has 81 heavy (non-hydrogen) atoms. The molecule has 0 saturated heterocycles. The molecule has 0 fully saturated rings. The average molecular weight is 1230 g/mol. The van der Waals surface area contributed by atoms with Gasteiger partial charge >= 0.3 is 107 Å². The van der Waals surface area contributed by atoms with Crippen LogP contribution in [0.3, 0.4) is 0 Å². The molecule has 6 unspecified atom stereocenters. The standard InChI is InChI=1S/2C20H38O7S.C9H16O4.C6H10O4.2Na.2H/c2*1-5-9-11-16(7-3)14-26-19(21)13-18(28(23,24)25)20(22)27-15-17(8-4)12-10-6-2;10-8(11)6-4-2-1-3-5-7-9(12)13;7-5(8)3-1-2-4-6(9)10;;;;/h2*16-18H,5-15H2,1-4H3,(H,23,24,25);1-7H2,(H,10,11)(H,12,13);1-4H2,(H,7,8)(H,9,10);;;;/q;;;;2*+1;2*-1. The predicted octanol–water partition coefficient (Wildman–Crippen LogP) is 5.14. The minimum atomic E-state index is -4.76. The van der Waals surface area contributed by atoms with Crippen LogP contribution < -0.4 is 59.1 Å². The van der Waals surface area contributed by atoms with E-state index in [0.29, 0.717) is 25.7 Å². The van der Waals surface area contributed by atoms with Gasteiger partial charge in [0.15, 0.2) is 10.5 Å². The second-order valence-electron chi connectivity index (χ2n) is 19.8. The molecule has 0 heterocycles. The van der Waals surface area contributed by atoms with Crippen molar-refractivity contribution in [1.29, 1.82) is 0 Å². The van der Waals surface area contributed by atoms with Crippen LogP contribution in [0.5, 0.6) is 0 Å². The summed E-state index contributed by atoms with van der Waals surface area (Å²) in [5.74, 6) is -6.47. The van der Waals surface area contributed by atoms with Crippen molar-refractivity contribution in [1.82, 2.24) is 0 Å². The number of unbranched alkanes of at least 4 members (excludes halogenated alkanes) is 9. The zero-order valence-corrected chi connectivity index (χ0v) is 56.5. The normalized spacial score (nSPS) is 13.0. The van der Waals surface area contributed by atoms with Gasteiger partial charge in [-0.2, -0.15) is 16.8 Å². The van der Waals surface area contributed by atoms with E-state index in [1.165, 1.54) is 0 Å². The van der Waals surface area contributed by atoms with E-state index in [0.717, 1.165) is 122 Å². The molecule has 470 valence electrons. The first kappa shape index (κ1) is 89.8. The molecular formula is C55H104Na2O22S2. The second kappa shape index (κ2) is 58.0. The van der Waals surface area contributed by atoms with Crippen LogP contribution in [0.25, 0.3) is 0 Å². The average Bonchev–Trinajstić information content (AvgIpc) is 3.37. The Hall–Kier alpha value is -2.42. The maximum Gasteiger partial charge on any atom is 1.00 e. The number of carbonyl (C=O) groups excluding carboxylic acids is 4. The SMILES string of the molecule is CCCCC(CC)COC(=O)CC(C(=O)OCC(CC)CCCC)S(=O)(=O)O.CCCCC(CC)COC(=O)CC(C(=O)OCC(CC)CCCC)S(=O)(=O)O.O=C(O)CCCCC(=O)O.O=C(O)CCCCCCCC(=O)O.[H-].[H-].[Na+].[Na+]. The molecule has 0 spiro atoms. The zero-order chi connectivity index (χ0) is 61.2. The van der Waals surface area contributed by atoms with Gasteiger partial charge in [-0.3, -0.25) is 47.5 Å². The molecule has 0 bridgehead atoms. The molecule has 0 saturated carbocycles. The van der Waals surface area contributed by atoms with E-state index in [2.05, 4.69) is 27.7 Å². The molecule has 22 nitrogen and oxygen atoms in total. The quantitative estimate of drug-likeness (QED) is 0.0151. The largest absolute Gasteiger partial charge is 1.00 e. The zero-order valence-electron chi connectivity index (χ0n) is 52.8. The number of carboxylic acids is 4. The van der Waals surface area contributed by atoms with Gasteiger partial charge in [0.05, 0.1) is 39.3 Å². The third-order valence-corrected chi connectivity index (χ3v) is 15.0. The van der Waals surface area contributed by atoms with Crippen LogP contribution in [0.15, 0.2) is 0 Å². The van der Waals surface area contributed by atoms with Gasteiger partial charge in [0.2, 0.25) is 0 Å². The molecule has 6 N–H and O–H groups in total. The Kier molecular flexibility index (Phi) is 64.3. The summed E-state index contributed by atoms with van der Waals surface area (Å²) in [6.45, 7) is 16.7. The van der Waals surface area contributed by atoms with Crippen LogP contribution in [0, 0.1) is 23.7 Å². The van der Waals surface area contributed by atoms with Crippen LogP contribution in [-0.4, -0.2) is 131 Å². The summed E-state index contributed by atoms with van der Waals surface area (Å²) in [5, 5.41) is 29.0. The van der Waals surface area contributed by atoms with Gasteiger partial charge in [-0.05, 0) is 75.0 Å². The van der Waals surface area contributed by atoms with Gasteiger partial charge in [0.1, 0.15) is 0 Å². The Labute approximate surface area is 531 Å². The monoisotopic (exact) mass is 1230 g/mol. The van der Waals surface area contributed by atoms with Crippen molar-refractivity contribution in [2.45, 2.75) is 252 Å². The van der Waals surface area contributed by atoms with Gasteiger partial charge < -0.3 is 42.2 Å². The fourth-order valence-corrected chi connectivity index (χ4v) is 8.59. The molecule has 0 rings (SSSR count). The fourth-order valence-electron chi connectivity index (χ4n) is 7.28. The van der Waals surface area contributed by atoms with Gasteiger partial charge in [0, 0.05) is 25.7 Å². The minimum Gasteiger partial charge on any atom is -1.00 e. The van der Waals surface area contributed by atoms with E-state index >= 15 is 0 Å². The molecule has 0 aromatic carbocycles. The summed E-state index contributed by atoms with van der Waals surface area (Å²) in [6.07, 6.45) is 19.0. The maximum absolute atomic E-state index is 12.2. The van der Waals surface area contributed by atoms with Gasteiger partial charge in [-0.1, -0.05) is 152 Å². The van der Waals surface area contributed by atoms with E-state index in [-0.39, 0.29) is 138 Å². The van der Waals surface area contributed by atoms with Crippen LogP contribution in [-0.2, 0) is 77.5 Å². The Morgan fingerprint density at radius 3 is 0.765 bits per heavy atom. The molecule has 0 aliphatic carbocycles. The Morgan fingerprint density at radius 1 is 0.358 bits per heavy atom. The number of hydrogen-bond acceptors (Lipinski definition) is 16. The number of carbonyl (C=O) groups is 8. The van der Waals surface area contributed by atoms with Crippen LogP contribution in [0.2, 0.25) is 0 Å². The van der Waals surface area contributed by atoms with Crippen molar-refractivity contribution >= 4 is 68.0 Å². The summed E-state index contributed by atoms with van der Waals surface area (Å²) in [4.78, 5) is 88.4. The number of hydrogen-bond donors (Lipinski definition) is 6. The summed E-state index contributed by atoms with van der Waals surface area (Å²) >= 11 is 0. The van der Waals surface area contributed by atoms with Gasteiger partial charge in [-0.15, -0.1) is 0 Å². The van der Waals surface area contributed by atoms with Crippen molar-refractivity contribution in [2.75, 3.05) is 26.4 Å². The molecule has 0 aliphatic heterocycles. The second-order valence-corrected chi connectivity index (χ2v) is 23.0. The van der Waals surface area contributed by atoms with Crippen molar-refractivity contribution in [3.05, 3.63) is 0 Å². The third kappa shape index (κ3) is 59.1. The molecule has 0 aromatic heterocycles. The first-order valence-corrected chi connectivity index (χ1v) is 31.6. The van der Waals surface area contributed by atoms with Crippen molar-refractivity contribution < 1.29 is 166 Å². The first-order valence-electron chi connectivity index (χ1n) is 28.6. The van der Waals surface area contributed by atoms with E-state index in [4.69, 9.17) is 39.4 Å². The topological polar surface area (TPSA) is 363 Å². The van der Waals surface area contributed by atoms with E-state index in [9.17, 15) is 64.3 Å². The van der Waals surface area contributed by atoms with Crippen molar-refractivity contribution in [3.8, 4) is 0 Å². The van der Waals surface area contributed by atoms with Crippen LogP contribution in [0.1, 0.15) is 244 Å². The maximum atomic E-state index is 12.2. The first-order chi connectivity index (χ1) is 37.1. The van der Waals surface area contributed by atoms with E-state index in [1.807, 2.05) is 27.7 Å². The minimum absolute atomic E-state index is 0. The Balaban J connectivity index is -0.000000160. The Morgan fingerprint density at radius 2 is 0.568 bits per heavy atom. The van der Waals surface area contributed by atoms with Gasteiger partial charge in [0.25, 0.3) is 20.2 Å². The van der Waals surface area contributed by atoms with E-state index in [1.54, 1.807) is 0 Å². The summed E-state index contributed by atoms with van der Waals surface area (Å²) in [7, 11) is -9.53.